The Morgan fingerprint density at radius 2 is 0.867 bits per heavy atom. The van der Waals surface area contributed by atoms with Crippen molar-refractivity contribution in [2.24, 2.45) is 28.2 Å². The summed E-state index contributed by atoms with van der Waals surface area (Å²) in [6.45, 7) is 0. The smallest absolute Gasteiger partial charge is 0.211 e. The third-order valence-electron chi connectivity index (χ3n) is 15.5. The molecule has 2 aromatic carbocycles. The van der Waals surface area contributed by atoms with E-state index >= 15 is 0 Å². The van der Waals surface area contributed by atoms with Crippen LogP contribution in [0.15, 0.2) is 209 Å². The van der Waals surface area contributed by atoms with Gasteiger partial charge in [-0.2, -0.15) is 25.5 Å². The lowest BCUT2D eigenvalue weighted by Crippen LogP contribution is -2.04. The van der Waals surface area contributed by atoms with Crippen molar-refractivity contribution in [1.82, 2.24) is 132 Å². The molecule has 4 N–H and O–H groups in total. The first kappa shape index (κ1) is 59.7. The lowest BCUT2D eigenvalue weighted by Gasteiger charge is -2.10. The zero-order chi connectivity index (χ0) is 66.1. The van der Waals surface area contributed by atoms with Gasteiger partial charge in [-0.1, -0.05) is 53.0 Å². The molecular formula is C65H55N31S2. The molecule has 16 aromatic heterocycles. The first-order chi connectivity index (χ1) is 48.2. The number of anilines is 8. The Morgan fingerprint density at radius 3 is 1.33 bits per heavy atom. The third kappa shape index (κ3) is 12.3. The van der Waals surface area contributed by atoms with Crippen molar-refractivity contribution in [2.75, 3.05) is 21.3 Å². The van der Waals surface area contributed by atoms with Gasteiger partial charge in [0, 0.05) is 149 Å². The standard InChI is InChI=1S/C19H16N8.C17H13N7S.C15H14N8S.C14H12N8/c1-25-13-14(11-23-25)16-12-21-19-18(20-9-10-26(16)19)24-17-7-8-22-27(17)15-5-3-2-4-6-15;1-23-10-11(8-20-23)13-9-19-16-15(18-6-7-24(13)16)22-17-21-12-4-2-3-5-14(12)25-17;1-22-8-10(6-18-22)11-7-17-13-12(16-4-5-23(11)13)19-15-21-20-14(24-15)9-2-3-9;1-21-9-10(6-19-21)11-7-18-14-13(17-4-5-22(11)14)20-12-8-15-2-3-16-12/h2-13H,1H3,(H,20,24);2-10H,1H3,(H,18,21,22);4-9H,2-3H2,1H3,(H,16,19,21);2-9H,1H3,(H,16,17,20). The largest absolute Gasteiger partial charge is 0.322 e. The molecule has 0 saturated heterocycles. The zero-order valence-corrected chi connectivity index (χ0v) is 54.1. The van der Waals surface area contributed by atoms with Gasteiger partial charge in [0.15, 0.2) is 51.0 Å². The molecule has 1 aliphatic rings. The van der Waals surface area contributed by atoms with Gasteiger partial charge in [-0.15, -0.1) is 10.2 Å². The normalized spacial score (nSPS) is 12.0. The van der Waals surface area contributed by atoms with E-state index in [1.54, 1.807) is 103 Å². The van der Waals surface area contributed by atoms with Gasteiger partial charge in [-0.05, 0) is 37.1 Å². The molecule has 1 aliphatic carbocycles. The van der Waals surface area contributed by atoms with Crippen LogP contribution in [0, 0.1) is 0 Å². The Balaban J connectivity index is 0.000000102. The topological polar surface area (TPSA) is 322 Å². The fraction of sp³-hybridized carbons (Fsp3) is 0.108. The molecule has 0 unspecified atom stereocenters. The molecule has 0 atom stereocenters. The molecular weight excluding hydrogens is 1280 g/mol. The van der Waals surface area contributed by atoms with Gasteiger partial charge in [0.25, 0.3) is 0 Å². The molecule has 0 spiro atoms. The monoisotopic (exact) mass is 1330 g/mol. The lowest BCUT2D eigenvalue weighted by atomic mass is 10.3. The average molecular weight is 1330 g/mol. The summed E-state index contributed by atoms with van der Waals surface area (Å²) in [7, 11) is 7.57. The van der Waals surface area contributed by atoms with E-state index in [-0.39, 0.29) is 0 Å². The van der Waals surface area contributed by atoms with Gasteiger partial charge in [0.2, 0.25) is 5.13 Å². The van der Waals surface area contributed by atoms with Crippen LogP contribution in [0.25, 0.3) is 83.5 Å². The van der Waals surface area contributed by atoms with Crippen molar-refractivity contribution in [3.8, 4) is 50.7 Å². The quantitative estimate of drug-likeness (QED) is 0.0786. The maximum Gasteiger partial charge on any atom is 0.211 e. The number of para-hydroxylation sites is 2. The van der Waals surface area contributed by atoms with Gasteiger partial charge >= 0.3 is 0 Å². The molecule has 0 radical (unpaired) electrons. The summed E-state index contributed by atoms with van der Waals surface area (Å²) in [6, 6.07) is 19.9. The Hall–Kier alpha value is -13.3. The zero-order valence-electron chi connectivity index (χ0n) is 52.5. The van der Waals surface area contributed by atoms with Crippen LogP contribution in [0.2, 0.25) is 0 Å². The molecule has 0 amide bonds. The summed E-state index contributed by atoms with van der Waals surface area (Å²) in [5.41, 5.74) is 12.7. The first-order valence-electron chi connectivity index (χ1n) is 30.5. The fourth-order valence-corrected chi connectivity index (χ4v) is 12.6. The minimum absolute atomic E-state index is 0.602. The number of rotatable bonds is 14. The Bertz CT molecular complexity index is 5740. The summed E-state index contributed by atoms with van der Waals surface area (Å²) >= 11 is 3.18. The van der Waals surface area contributed by atoms with Crippen LogP contribution in [-0.2, 0) is 28.2 Å². The number of fused-ring (bicyclic) bond motifs is 5. The van der Waals surface area contributed by atoms with Gasteiger partial charge < -0.3 is 21.3 Å². The highest BCUT2D eigenvalue weighted by Crippen LogP contribution is 2.42. The molecule has 33 heteroatoms. The Kier molecular flexibility index (Phi) is 15.8. The molecule has 31 nitrogen and oxygen atoms in total. The maximum atomic E-state index is 4.60. The second kappa shape index (κ2) is 25.9. The minimum Gasteiger partial charge on any atom is -0.322 e. The lowest BCUT2D eigenvalue weighted by molar-refractivity contribution is 0.768. The highest BCUT2D eigenvalue weighted by atomic mass is 32.1. The van der Waals surface area contributed by atoms with Crippen LogP contribution >= 0.6 is 22.7 Å². The molecule has 482 valence electrons. The fourth-order valence-electron chi connectivity index (χ4n) is 10.8. The number of hydrogen-bond acceptors (Lipinski definition) is 24. The molecule has 19 rings (SSSR count). The summed E-state index contributed by atoms with van der Waals surface area (Å²) < 4.78 is 18.0. The van der Waals surface area contributed by atoms with E-state index in [1.807, 2.05) is 192 Å². The summed E-state index contributed by atoms with van der Waals surface area (Å²) in [5, 5.41) is 45.4. The van der Waals surface area contributed by atoms with Crippen molar-refractivity contribution in [1.29, 1.82) is 0 Å². The van der Waals surface area contributed by atoms with Crippen molar-refractivity contribution in [3.05, 3.63) is 214 Å². The minimum atomic E-state index is 0.602. The summed E-state index contributed by atoms with van der Waals surface area (Å²) in [6.07, 6.45) is 46.0. The average Bonchev–Trinajstić information content (AvgIpc) is 1.65. The Labute approximate surface area is 562 Å². The van der Waals surface area contributed by atoms with Crippen molar-refractivity contribution in [3.63, 3.8) is 0 Å². The number of thiazole rings is 1. The molecule has 0 aliphatic heterocycles. The second-order valence-corrected chi connectivity index (χ2v) is 24.4. The van der Waals surface area contributed by atoms with Crippen molar-refractivity contribution >= 4 is 101 Å². The van der Waals surface area contributed by atoms with Crippen molar-refractivity contribution < 1.29 is 0 Å². The van der Waals surface area contributed by atoms with Gasteiger partial charge in [0.1, 0.15) is 16.6 Å². The van der Waals surface area contributed by atoms with E-state index in [4.69, 9.17) is 0 Å². The van der Waals surface area contributed by atoms with Crippen molar-refractivity contribution in [2.45, 2.75) is 18.8 Å². The van der Waals surface area contributed by atoms with Gasteiger partial charge in [0.05, 0.1) is 101 Å². The molecule has 18 aromatic rings. The number of benzene rings is 2. The van der Waals surface area contributed by atoms with Crippen LogP contribution in [0.5, 0.6) is 0 Å². The first-order valence-corrected chi connectivity index (χ1v) is 32.2. The van der Waals surface area contributed by atoms with E-state index in [2.05, 4.69) is 118 Å². The predicted octanol–water partition coefficient (Wildman–Crippen LogP) is 10.8. The Morgan fingerprint density at radius 1 is 0.398 bits per heavy atom. The number of nitrogens with one attached hydrogen (secondary N) is 4. The SMILES string of the molecule is Cn1cc(-c2cnc3c(Nc4ccnn4-c4ccccc4)nccn23)cn1.Cn1cc(-c2cnc3c(Nc4cnccn4)nccn23)cn1.Cn1cc(-c2cnc3c(Nc4nc5ccccc5s4)nccn23)cn1.Cn1cc(-c2cnc3c(Nc4nnc(C5CC5)s4)nccn23)cn1. The highest BCUT2D eigenvalue weighted by molar-refractivity contribution is 7.22. The summed E-state index contributed by atoms with van der Waals surface area (Å²) in [4.78, 5) is 48.5. The molecule has 1 fully saturated rings. The highest BCUT2D eigenvalue weighted by Gasteiger charge is 2.28. The predicted molar refractivity (Wildman–Crippen MR) is 371 cm³/mol. The van der Waals surface area contributed by atoms with Gasteiger partial charge in [-0.3, -0.25) is 41.3 Å². The number of hydrogen-bond donors (Lipinski definition) is 4. The maximum absolute atomic E-state index is 4.60. The van der Waals surface area contributed by atoms with Crippen LogP contribution in [0.4, 0.5) is 45.2 Å². The van der Waals surface area contributed by atoms with E-state index in [9.17, 15) is 0 Å². The summed E-state index contributed by atoms with van der Waals surface area (Å²) in [5.74, 6) is 4.67. The van der Waals surface area contributed by atoms with E-state index in [0.29, 0.717) is 40.7 Å². The molecule has 98 heavy (non-hydrogen) atoms. The number of nitrogens with zero attached hydrogens (tertiary/aromatic N) is 27. The van der Waals surface area contributed by atoms with E-state index in [0.717, 1.165) is 99.0 Å². The van der Waals surface area contributed by atoms with E-state index < -0.39 is 0 Å². The molecule has 0 bridgehead atoms. The van der Waals surface area contributed by atoms with Gasteiger partial charge in [-0.25, -0.2) is 54.5 Å². The third-order valence-corrected chi connectivity index (χ3v) is 17.5. The number of aryl methyl sites for hydroxylation is 4. The van der Waals surface area contributed by atoms with Crippen LogP contribution in [-0.4, -0.2) is 132 Å². The van der Waals surface area contributed by atoms with Crippen LogP contribution in [0.3, 0.4) is 0 Å². The van der Waals surface area contributed by atoms with Crippen LogP contribution in [0.1, 0.15) is 23.8 Å². The van der Waals surface area contributed by atoms with Crippen LogP contribution < -0.4 is 21.3 Å². The molecule has 1 saturated carbocycles. The molecule has 16 heterocycles. The number of imidazole rings is 4. The van der Waals surface area contributed by atoms with E-state index in [1.165, 1.54) is 12.8 Å². The number of aromatic nitrogens is 27. The second-order valence-electron chi connectivity index (χ2n) is 22.3.